The molecule has 22 heavy (non-hydrogen) atoms. The zero-order chi connectivity index (χ0) is 15.7. The summed E-state index contributed by atoms with van der Waals surface area (Å²) in [5.74, 6) is 0.189. The monoisotopic (exact) mass is 318 g/mol. The van der Waals surface area contributed by atoms with Crippen molar-refractivity contribution in [2.24, 2.45) is 0 Å². The molecule has 0 saturated carbocycles. The minimum Gasteiger partial charge on any atom is -0.338 e. The summed E-state index contributed by atoms with van der Waals surface area (Å²) in [5.41, 5.74) is 3.09. The number of aromatic nitrogens is 3. The van der Waals surface area contributed by atoms with E-state index in [0.29, 0.717) is 6.42 Å². The minimum atomic E-state index is 0.189. The first-order valence-electron chi connectivity index (χ1n) is 7.74. The van der Waals surface area contributed by atoms with Crippen LogP contribution in [0.1, 0.15) is 34.9 Å². The molecule has 0 N–H and O–H groups in total. The summed E-state index contributed by atoms with van der Waals surface area (Å²) in [6.45, 7) is 7.69. The molecule has 0 bridgehead atoms. The van der Waals surface area contributed by atoms with Gasteiger partial charge in [0.05, 0.1) is 35.4 Å². The Morgan fingerprint density at radius 1 is 1.41 bits per heavy atom. The molecule has 0 radical (unpaired) electrons. The molecule has 2 aromatic heterocycles. The molecule has 118 valence electrons. The number of likely N-dealkylation sites (tertiary alicyclic amines) is 1. The van der Waals surface area contributed by atoms with Crippen LogP contribution >= 0.6 is 11.3 Å². The average Bonchev–Trinajstić information content (AvgIpc) is 3.13. The molecule has 0 aromatic carbocycles. The lowest BCUT2D eigenvalue weighted by atomic mass is 10.2. The smallest absolute Gasteiger partial charge is 0.228 e. The Hall–Kier alpha value is -1.69. The molecular formula is C16H22N4OS. The molecule has 1 aliphatic rings. The SMILES string of the molecule is Cc1cc(C)n(C[C@H]2CCCN2C(=O)Cc2csc(C)n2)n1. The summed E-state index contributed by atoms with van der Waals surface area (Å²) < 4.78 is 2.03. The molecule has 5 nitrogen and oxygen atoms in total. The molecule has 0 unspecified atom stereocenters. The van der Waals surface area contributed by atoms with Crippen LogP contribution in [0.25, 0.3) is 0 Å². The first-order chi connectivity index (χ1) is 10.5. The van der Waals surface area contributed by atoms with Gasteiger partial charge in [-0.25, -0.2) is 4.98 Å². The summed E-state index contributed by atoms with van der Waals surface area (Å²) in [7, 11) is 0. The number of thiazole rings is 1. The van der Waals surface area contributed by atoms with E-state index >= 15 is 0 Å². The Morgan fingerprint density at radius 3 is 2.86 bits per heavy atom. The predicted molar refractivity (Wildman–Crippen MR) is 87.0 cm³/mol. The third kappa shape index (κ3) is 3.21. The normalized spacial score (nSPS) is 18.1. The lowest BCUT2D eigenvalue weighted by Crippen LogP contribution is -2.39. The Kier molecular flexibility index (Phi) is 4.29. The van der Waals surface area contributed by atoms with Gasteiger partial charge in [-0.2, -0.15) is 5.10 Å². The largest absolute Gasteiger partial charge is 0.338 e. The number of hydrogen-bond donors (Lipinski definition) is 0. The van der Waals surface area contributed by atoms with Crippen LogP contribution < -0.4 is 0 Å². The fourth-order valence-corrected chi connectivity index (χ4v) is 3.77. The predicted octanol–water partition coefficient (Wildman–Crippen LogP) is 2.50. The molecule has 1 amide bonds. The molecule has 1 atom stereocenters. The Labute approximate surface area is 135 Å². The van der Waals surface area contributed by atoms with Gasteiger partial charge in [-0.1, -0.05) is 0 Å². The van der Waals surface area contributed by atoms with Gasteiger partial charge in [-0.05, 0) is 39.7 Å². The van der Waals surface area contributed by atoms with Gasteiger partial charge in [-0.3, -0.25) is 9.48 Å². The first kappa shape index (κ1) is 15.2. The lowest BCUT2D eigenvalue weighted by molar-refractivity contribution is -0.131. The van der Waals surface area contributed by atoms with Crippen LogP contribution in [0.15, 0.2) is 11.4 Å². The van der Waals surface area contributed by atoms with Crippen LogP contribution in [0.2, 0.25) is 0 Å². The molecule has 1 aliphatic heterocycles. The van der Waals surface area contributed by atoms with Crippen molar-refractivity contribution in [3.8, 4) is 0 Å². The van der Waals surface area contributed by atoms with Gasteiger partial charge in [0.25, 0.3) is 0 Å². The van der Waals surface area contributed by atoms with Gasteiger partial charge in [0.15, 0.2) is 0 Å². The second kappa shape index (κ2) is 6.20. The van der Waals surface area contributed by atoms with Crippen molar-refractivity contribution < 1.29 is 4.79 Å². The highest BCUT2D eigenvalue weighted by Crippen LogP contribution is 2.21. The number of rotatable bonds is 4. The van der Waals surface area contributed by atoms with Crippen molar-refractivity contribution >= 4 is 17.2 Å². The van der Waals surface area contributed by atoms with Crippen LogP contribution in [0.5, 0.6) is 0 Å². The topological polar surface area (TPSA) is 51.0 Å². The standard InChI is InChI=1S/C16H22N4OS/c1-11-7-12(2)20(18-11)9-15-5-4-6-19(15)16(21)8-14-10-22-13(3)17-14/h7,10,15H,4-6,8-9H2,1-3H3/t15-/m1/s1. The van der Waals surface area contributed by atoms with Gasteiger partial charge in [-0.15, -0.1) is 11.3 Å². The van der Waals surface area contributed by atoms with Crippen molar-refractivity contribution in [3.63, 3.8) is 0 Å². The van der Waals surface area contributed by atoms with E-state index < -0.39 is 0 Å². The zero-order valence-corrected chi connectivity index (χ0v) is 14.2. The molecule has 1 saturated heterocycles. The number of amides is 1. The molecule has 2 aromatic rings. The number of nitrogens with zero attached hydrogens (tertiary/aromatic N) is 4. The molecule has 0 aliphatic carbocycles. The van der Waals surface area contributed by atoms with Crippen molar-refractivity contribution in [1.29, 1.82) is 0 Å². The van der Waals surface area contributed by atoms with E-state index in [0.717, 1.165) is 48.0 Å². The van der Waals surface area contributed by atoms with Gasteiger partial charge in [0.1, 0.15) is 0 Å². The molecule has 0 spiro atoms. The van der Waals surface area contributed by atoms with Gasteiger partial charge in [0, 0.05) is 17.6 Å². The van der Waals surface area contributed by atoms with E-state index in [1.54, 1.807) is 11.3 Å². The lowest BCUT2D eigenvalue weighted by Gasteiger charge is -2.25. The Morgan fingerprint density at radius 2 is 2.23 bits per heavy atom. The van der Waals surface area contributed by atoms with Crippen molar-refractivity contribution in [1.82, 2.24) is 19.7 Å². The molecular weight excluding hydrogens is 296 g/mol. The number of carbonyl (C=O) groups is 1. The fraction of sp³-hybridized carbons (Fsp3) is 0.562. The summed E-state index contributed by atoms with van der Waals surface area (Å²) >= 11 is 1.60. The summed E-state index contributed by atoms with van der Waals surface area (Å²) in [6, 6.07) is 2.34. The highest BCUT2D eigenvalue weighted by Gasteiger charge is 2.29. The molecule has 3 rings (SSSR count). The maximum absolute atomic E-state index is 12.6. The number of aryl methyl sites for hydroxylation is 3. The van der Waals surface area contributed by atoms with Crippen molar-refractivity contribution in [2.75, 3.05) is 6.54 Å². The van der Waals surface area contributed by atoms with Crippen LogP contribution in [0.4, 0.5) is 0 Å². The van der Waals surface area contributed by atoms with E-state index in [4.69, 9.17) is 0 Å². The third-order valence-corrected chi connectivity index (χ3v) is 5.01. The van der Waals surface area contributed by atoms with E-state index in [1.807, 2.05) is 28.8 Å². The highest BCUT2D eigenvalue weighted by atomic mass is 32.1. The van der Waals surface area contributed by atoms with E-state index in [9.17, 15) is 4.79 Å². The van der Waals surface area contributed by atoms with Crippen LogP contribution in [-0.2, 0) is 17.8 Å². The number of carbonyl (C=O) groups excluding carboxylic acids is 1. The Bertz CT molecular complexity index is 675. The van der Waals surface area contributed by atoms with E-state index in [1.165, 1.54) is 0 Å². The quantitative estimate of drug-likeness (QED) is 0.870. The van der Waals surface area contributed by atoms with Crippen molar-refractivity contribution in [2.45, 2.75) is 52.6 Å². The van der Waals surface area contributed by atoms with Crippen LogP contribution in [0.3, 0.4) is 0 Å². The Balaban J connectivity index is 1.67. The molecule has 1 fully saturated rings. The maximum atomic E-state index is 12.6. The van der Waals surface area contributed by atoms with Gasteiger partial charge < -0.3 is 4.90 Å². The maximum Gasteiger partial charge on any atom is 0.228 e. The van der Waals surface area contributed by atoms with Crippen LogP contribution in [-0.4, -0.2) is 38.2 Å². The summed E-state index contributed by atoms with van der Waals surface area (Å²) in [5, 5.41) is 7.53. The molecule has 3 heterocycles. The van der Waals surface area contributed by atoms with Crippen molar-refractivity contribution in [3.05, 3.63) is 33.5 Å². The van der Waals surface area contributed by atoms with Gasteiger partial charge in [0.2, 0.25) is 5.91 Å². The van der Waals surface area contributed by atoms with E-state index in [-0.39, 0.29) is 11.9 Å². The summed E-state index contributed by atoms with van der Waals surface area (Å²) in [6.07, 6.45) is 2.55. The second-order valence-electron chi connectivity index (χ2n) is 6.03. The molecule has 6 heteroatoms. The first-order valence-corrected chi connectivity index (χ1v) is 8.62. The zero-order valence-electron chi connectivity index (χ0n) is 13.4. The summed E-state index contributed by atoms with van der Waals surface area (Å²) in [4.78, 5) is 19.0. The average molecular weight is 318 g/mol. The fourth-order valence-electron chi connectivity index (χ4n) is 3.16. The van der Waals surface area contributed by atoms with Gasteiger partial charge >= 0.3 is 0 Å². The van der Waals surface area contributed by atoms with E-state index in [2.05, 4.69) is 23.1 Å². The van der Waals surface area contributed by atoms with Crippen LogP contribution in [0, 0.1) is 20.8 Å². The third-order valence-electron chi connectivity index (χ3n) is 4.18. The second-order valence-corrected chi connectivity index (χ2v) is 7.09. The highest BCUT2D eigenvalue weighted by molar-refractivity contribution is 7.09. The minimum absolute atomic E-state index is 0.189. The number of hydrogen-bond acceptors (Lipinski definition) is 4.